The second-order valence-electron chi connectivity index (χ2n) is 7.34. The number of benzene rings is 1. The lowest BCUT2D eigenvalue weighted by Crippen LogP contribution is -2.28. The van der Waals surface area contributed by atoms with E-state index in [2.05, 4.69) is 29.4 Å². The first-order valence-electron chi connectivity index (χ1n) is 10.6. The lowest BCUT2D eigenvalue weighted by molar-refractivity contribution is -0.121. The van der Waals surface area contributed by atoms with Gasteiger partial charge >= 0.3 is 5.69 Å². The SMILES string of the molecule is CCC(CCNC)OCC#Cc1cccc2c1n(C)c(=O)n2C(C=O)CCC(=O)NC. The maximum Gasteiger partial charge on any atom is 0.329 e. The highest BCUT2D eigenvalue weighted by Gasteiger charge is 2.20. The first kappa shape index (κ1) is 24.4. The number of carbonyl (C=O) groups excluding carboxylic acids is 2. The molecule has 0 bridgehead atoms. The quantitative estimate of drug-likeness (QED) is 0.416. The number of para-hydroxylation sites is 1. The predicted molar refractivity (Wildman–Crippen MR) is 121 cm³/mol. The molecule has 0 aliphatic heterocycles. The molecule has 2 atom stereocenters. The highest BCUT2D eigenvalue weighted by atomic mass is 16.5. The summed E-state index contributed by atoms with van der Waals surface area (Å²) in [6, 6.07) is 4.72. The maximum absolute atomic E-state index is 12.9. The summed E-state index contributed by atoms with van der Waals surface area (Å²) in [6.45, 7) is 3.27. The molecule has 0 aliphatic carbocycles. The van der Waals surface area contributed by atoms with Crippen LogP contribution in [0.4, 0.5) is 0 Å². The van der Waals surface area contributed by atoms with Gasteiger partial charge in [0.15, 0.2) is 0 Å². The molecular formula is C23H32N4O4. The molecule has 0 aliphatic rings. The van der Waals surface area contributed by atoms with E-state index in [4.69, 9.17) is 4.74 Å². The Labute approximate surface area is 182 Å². The number of amides is 1. The molecule has 0 fully saturated rings. The van der Waals surface area contributed by atoms with E-state index in [1.54, 1.807) is 20.2 Å². The highest BCUT2D eigenvalue weighted by Crippen LogP contribution is 2.21. The number of aromatic nitrogens is 2. The zero-order valence-corrected chi connectivity index (χ0v) is 18.7. The van der Waals surface area contributed by atoms with E-state index in [0.29, 0.717) is 29.5 Å². The van der Waals surface area contributed by atoms with E-state index < -0.39 is 6.04 Å². The fourth-order valence-corrected chi connectivity index (χ4v) is 3.52. The molecule has 2 N–H and O–H groups in total. The van der Waals surface area contributed by atoms with Crippen molar-refractivity contribution in [3.63, 3.8) is 0 Å². The molecule has 1 amide bonds. The van der Waals surface area contributed by atoms with Gasteiger partial charge in [0.25, 0.3) is 0 Å². The third-order valence-corrected chi connectivity index (χ3v) is 5.32. The van der Waals surface area contributed by atoms with Crippen LogP contribution < -0.4 is 16.3 Å². The lowest BCUT2D eigenvalue weighted by atomic mass is 10.1. The fourth-order valence-electron chi connectivity index (χ4n) is 3.52. The predicted octanol–water partition coefficient (Wildman–Crippen LogP) is 1.36. The van der Waals surface area contributed by atoms with Crippen molar-refractivity contribution in [2.75, 3.05) is 27.2 Å². The molecule has 31 heavy (non-hydrogen) atoms. The molecule has 8 nitrogen and oxygen atoms in total. The standard InChI is InChI=1S/C23H32N4O4/c1-5-19(13-14-24-2)31-15-7-9-17-8-6-10-20-22(17)26(4)23(30)27(20)18(16-28)11-12-21(29)25-3/h6,8,10,16,18-19,24H,5,11-15H2,1-4H3,(H,25,29). The Morgan fingerprint density at radius 3 is 2.71 bits per heavy atom. The van der Waals surface area contributed by atoms with Gasteiger partial charge in [-0.05, 0) is 45.0 Å². The summed E-state index contributed by atoms with van der Waals surface area (Å²) < 4.78 is 8.78. The minimum absolute atomic E-state index is 0.150. The van der Waals surface area contributed by atoms with E-state index in [1.807, 2.05) is 19.2 Å². The average Bonchev–Trinajstić information content (AvgIpc) is 3.04. The van der Waals surface area contributed by atoms with Gasteiger partial charge in [0.2, 0.25) is 5.91 Å². The third kappa shape index (κ3) is 6.06. The van der Waals surface area contributed by atoms with Crippen molar-refractivity contribution < 1.29 is 14.3 Å². The summed E-state index contributed by atoms with van der Waals surface area (Å²) in [5.74, 6) is 5.97. The second kappa shape index (κ2) is 12.1. The Balaban J connectivity index is 2.30. The van der Waals surface area contributed by atoms with E-state index in [1.165, 1.54) is 9.13 Å². The van der Waals surface area contributed by atoms with Gasteiger partial charge in [-0.25, -0.2) is 4.79 Å². The van der Waals surface area contributed by atoms with Crippen molar-refractivity contribution in [3.05, 3.63) is 34.2 Å². The molecule has 168 valence electrons. The molecule has 1 aromatic heterocycles. The van der Waals surface area contributed by atoms with Crippen LogP contribution in [0.25, 0.3) is 11.0 Å². The van der Waals surface area contributed by atoms with Crippen LogP contribution in [0.1, 0.15) is 44.2 Å². The van der Waals surface area contributed by atoms with Crippen molar-refractivity contribution in [2.45, 2.75) is 44.8 Å². The Bertz CT molecular complexity index is 1010. The smallest absolute Gasteiger partial charge is 0.329 e. The van der Waals surface area contributed by atoms with Crippen LogP contribution in [0, 0.1) is 11.8 Å². The largest absolute Gasteiger partial charge is 0.366 e. The molecule has 1 heterocycles. The van der Waals surface area contributed by atoms with Crippen molar-refractivity contribution in [2.24, 2.45) is 7.05 Å². The number of imidazole rings is 1. The molecule has 0 spiro atoms. The third-order valence-electron chi connectivity index (χ3n) is 5.32. The van der Waals surface area contributed by atoms with Gasteiger partial charge in [0.05, 0.1) is 28.7 Å². The second-order valence-corrected chi connectivity index (χ2v) is 7.34. The van der Waals surface area contributed by atoms with E-state index in [-0.39, 0.29) is 30.5 Å². The lowest BCUT2D eigenvalue weighted by Gasteiger charge is -2.13. The maximum atomic E-state index is 12.9. The Kier molecular flexibility index (Phi) is 9.50. The van der Waals surface area contributed by atoms with Gasteiger partial charge in [0, 0.05) is 20.5 Å². The number of carbonyl (C=O) groups is 2. The van der Waals surface area contributed by atoms with Crippen LogP contribution in [0.3, 0.4) is 0 Å². The summed E-state index contributed by atoms with van der Waals surface area (Å²) in [5.41, 5.74) is 1.66. The van der Waals surface area contributed by atoms with Crippen LogP contribution in [0.5, 0.6) is 0 Å². The van der Waals surface area contributed by atoms with Gasteiger partial charge < -0.3 is 20.2 Å². The zero-order chi connectivity index (χ0) is 22.8. The number of nitrogens with one attached hydrogen (secondary N) is 2. The summed E-state index contributed by atoms with van der Waals surface area (Å²) in [4.78, 5) is 36.2. The Morgan fingerprint density at radius 1 is 1.29 bits per heavy atom. The summed E-state index contributed by atoms with van der Waals surface area (Å²) in [5, 5.41) is 5.65. The minimum Gasteiger partial charge on any atom is -0.366 e. The van der Waals surface area contributed by atoms with Gasteiger partial charge in [-0.2, -0.15) is 0 Å². The van der Waals surface area contributed by atoms with Crippen LogP contribution in [0.2, 0.25) is 0 Å². The summed E-state index contributed by atoms with van der Waals surface area (Å²) in [7, 11) is 5.12. The molecule has 8 heteroatoms. The number of ether oxygens (including phenoxy) is 1. The number of fused-ring (bicyclic) bond motifs is 1. The zero-order valence-electron chi connectivity index (χ0n) is 18.7. The van der Waals surface area contributed by atoms with E-state index in [0.717, 1.165) is 19.4 Å². The van der Waals surface area contributed by atoms with Crippen molar-refractivity contribution in [3.8, 4) is 11.8 Å². The first-order valence-corrected chi connectivity index (χ1v) is 10.6. The number of aryl methyl sites for hydroxylation is 1. The number of hydrogen-bond donors (Lipinski definition) is 2. The number of aldehydes is 1. The Hall–Kier alpha value is -2.89. The summed E-state index contributed by atoms with van der Waals surface area (Å²) in [6.07, 6.45) is 3.11. The molecule has 1 aromatic carbocycles. The van der Waals surface area contributed by atoms with Gasteiger partial charge in [0.1, 0.15) is 12.9 Å². The minimum atomic E-state index is -0.725. The Morgan fingerprint density at radius 2 is 2.06 bits per heavy atom. The summed E-state index contributed by atoms with van der Waals surface area (Å²) >= 11 is 0. The van der Waals surface area contributed by atoms with Crippen molar-refractivity contribution >= 4 is 23.2 Å². The van der Waals surface area contributed by atoms with E-state index in [9.17, 15) is 14.4 Å². The van der Waals surface area contributed by atoms with Crippen LogP contribution in [-0.2, 0) is 21.4 Å². The first-order chi connectivity index (χ1) is 15.0. The van der Waals surface area contributed by atoms with Gasteiger partial charge in [-0.3, -0.25) is 13.9 Å². The fraction of sp³-hybridized carbons (Fsp3) is 0.522. The average molecular weight is 429 g/mol. The van der Waals surface area contributed by atoms with Crippen molar-refractivity contribution in [1.29, 1.82) is 0 Å². The number of hydrogen-bond acceptors (Lipinski definition) is 5. The molecular weight excluding hydrogens is 396 g/mol. The van der Waals surface area contributed by atoms with Gasteiger partial charge in [-0.15, -0.1) is 0 Å². The number of rotatable bonds is 11. The normalized spacial score (nSPS) is 12.8. The number of nitrogens with zero attached hydrogens (tertiary/aromatic N) is 2. The van der Waals surface area contributed by atoms with Crippen LogP contribution >= 0.6 is 0 Å². The molecule has 2 rings (SSSR count). The topological polar surface area (TPSA) is 94.4 Å². The van der Waals surface area contributed by atoms with Gasteiger partial charge in [-0.1, -0.05) is 24.8 Å². The van der Waals surface area contributed by atoms with Crippen molar-refractivity contribution in [1.82, 2.24) is 19.8 Å². The molecule has 0 saturated carbocycles. The van der Waals surface area contributed by atoms with Crippen LogP contribution in [-0.4, -0.2) is 54.7 Å². The molecule has 0 radical (unpaired) electrons. The van der Waals surface area contributed by atoms with E-state index >= 15 is 0 Å². The molecule has 2 unspecified atom stereocenters. The highest BCUT2D eigenvalue weighted by molar-refractivity contribution is 5.84. The monoisotopic (exact) mass is 428 g/mol. The molecule has 2 aromatic rings. The molecule has 0 saturated heterocycles. The van der Waals surface area contributed by atoms with Crippen LogP contribution in [0.15, 0.2) is 23.0 Å².